The molecule has 1 unspecified atom stereocenters. The Kier molecular flexibility index (Phi) is 2.57. The van der Waals surface area contributed by atoms with E-state index >= 15 is 0 Å². The van der Waals surface area contributed by atoms with Gasteiger partial charge in [0, 0.05) is 24.4 Å². The number of rotatable bonds is 1. The van der Waals surface area contributed by atoms with Gasteiger partial charge in [-0.3, -0.25) is 4.79 Å². The Hall–Kier alpha value is -0.370. The van der Waals surface area contributed by atoms with Crippen LogP contribution in [0.3, 0.4) is 0 Å². The van der Waals surface area contributed by atoms with Gasteiger partial charge >= 0.3 is 0 Å². The van der Waals surface area contributed by atoms with Crippen LogP contribution in [0, 0.1) is 5.92 Å². The number of nitrogens with one attached hydrogen (secondary N) is 1. The highest BCUT2D eigenvalue weighted by Gasteiger charge is 2.32. The molecule has 1 rings (SSSR count). The van der Waals surface area contributed by atoms with E-state index in [2.05, 4.69) is 33.0 Å². The zero-order valence-electron chi connectivity index (χ0n) is 8.48. The second kappa shape index (κ2) is 3.17. The van der Waals surface area contributed by atoms with Gasteiger partial charge in [-0.2, -0.15) is 0 Å². The van der Waals surface area contributed by atoms with Gasteiger partial charge in [0.2, 0.25) is 0 Å². The Bertz CT molecular complexity index is 184. The fraction of sp³-hybridized carbons (Fsp3) is 0.900. The van der Waals surface area contributed by atoms with Crippen molar-refractivity contribution in [2.75, 3.05) is 0 Å². The lowest BCUT2D eigenvalue weighted by Crippen LogP contribution is -2.54. The first-order chi connectivity index (χ1) is 5.41. The van der Waals surface area contributed by atoms with Crippen molar-refractivity contribution in [1.29, 1.82) is 0 Å². The maximum atomic E-state index is 11.4. The largest absolute Gasteiger partial charge is 0.308 e. The van der Waals surface area contributed by atoms with Crippen molar-refractivity contribution in [3.05, 3.63) is 0 Å². The van der Waals surface area contributed by atoms with Gasteiger partial charge in [0.25, 0.3) is 0 Å². The molecule has 0 aliphatic carbocycles. The molecule has 1 N–H and O–H groups in total. The first kappa shape index (κ1) is 9.72. The Morgan fingerprint density at radius 2 is 2.08 bits per heavy atom. The van der Waals surface area contributed by atoms with Crippen LogP contribution in [-0.4, -0.2) is 17.4 Å². The lowest BCUT2D eigenvalue weighted by Gasteiger charge is -2.38. The third-order valence-corrected chi connectivity index (χ3v) is 2.47. The summed E-state index contributed by atoms with van der Waals surface area (Å²) in [4.78, 5) is 11.4. The predicted molar refractivity (Wildman–Crippen MR) is 50.1 cm³/mol. The molecular formula is C10H19NO. The average molecular weight is 169 g/mol. The van der Waals surface area contributed by atoms with Crippen molar-refractivity contribution in [1.82, 2.24) is 5.32 Å². The number of carbonyl (C=O) groups is 1. The summed E-state index contributed by atoms with van der Waals surface area (Å²) in [6, 6.07) is 0.376. The Morgan fingerprint density at radius 1 is 1.50 bits per heavy atom. The number of piperidine rings is 1. The van der Waals surface area contributed by atoms with E-state index in [1.165, 1.54) is 0 Å². The summed E-state index contributed by atoms with van der Waals surface area (Å²) in [5, 5.41) is 3.50. The predicted octanol–water partition coefficient (Wildman–Crippen LogP) is 1.74. The van der Waals surface area contributed by atoms with Crippen molar-refractivity contribution in [2.24, 2.45) is 5.92 Å². The quantitative estimate of drug-likeness (QED) is 0.648. The van der Waals surface area contributed by atoms with Crippen molar-refractivity contribution in [3.63, 3.8) is 0 Å². The SMILES string of the molecule is CC(C)C1CC(=O)CC(C)(C)N1. The molecule has 2 heteroatoms. The molecule has 12 heavy (non-hydrogen) atoms. The monoisotopic (exact) mass is 169 g/mol. The maximum Gasteiger partial charge on any atom is 0.136 e. The van der Waals surface area contributed by atoms with E-state index in [1.54, 1.807) is 0 Å². The van der Waals surface area contributed by atoms with Gasteiger partial charge in [0.1, 0.15) is 5.78 Å². The van der Waals surface area contributed by atoms with E-state index < -0.39 is 0 Å². The van der Waals surface area contributed by atoms with Gasteiger partial charge in [-0.1, -0.05) is 13.8 Å². The molecule has 70 valence electrons. The molecule has 0 radical (unpaired) electrons. The molecule has 1 atom stereocenters. The van der Waals surface area contributed by atoms with E-state index in [0.29, 0.717) is 30.6 Å². The number of carbonyl (C=O) groups excluding carboxylic acids is 1. The van der Waals surface area contributed by atoms with Gasteiger partial charge < -0.3 is 5.32 Å². The van der Waals surface area contributed by atoms with Gasteiger partial charge in [-0.05, 0) is 19.8 Å². The van der Waals surface area contributed by atoms with Crippen molar-refractivity contribution >= 4 is 5.78 Å². The molecule has 0 aromatic rings. The van der Waals surface area contributed by atoms with Crippen LogP contribution < -0.4 is 5.32 Å². The highest BCUT2D eigenvalue weighted by molar-refractivity contribution is 5.81. The molecule has 0 aromatic heterocycles. The molecular weight excluding hydrogens is 150 g/mol. The van der Waals surface area contributed by atoms with E-state index in [0.717, 1.165) is 0 Å². The molecule has 1 aliphatic rings. The molecule has 0 amide bonds. The second-order valence-electron chi connectivity index (χ2n) is 4.80. The van der Waals surface area contributed by atoms with Crippen LogP contribution in [0.1, 0.15) is 40.5 Å². The van der Waals surface area contributed by atoms with Gasteiger partial charge in [0.05, 0.1) is 0 Å². The van der Waals surface area contributed by atoms with Gasteiger partial charge in [0.15, 0.2) is 0 Å². The maximum absolute atomic E-state index is 11.4. The van der Waals surface area contributed by atoms with Crippen LogP contribution in [0.25, 0.3) is 0 Å². The van der Waals surface area contributed by atoms with Crippen molar-refractivity contribution < 1.29 is 4.79 Å². The highest BCUT2D eigenvalue weighted by atomic mass is 16.1. The minimum atomic E-state index is 0.00424. The lowest BCUT2D eigenvalue weighted by molar-refractivity contribution is -0.123. The molecule has 1 heterocycles. The molecule has 0 bridgehead atoms. The molecule has 0 spiro atoms. The summed E-state index contributed by atoms with van der Waals surface area (Å²) in [5.41, 5.74) is 0.00424. The molecule has 1 fully saturated rings. The zero-order chi connectivity index (χ0) is 9.35. The Morgan fingerprint density at radius 3 is 2.50 bits per heavy atom. The van der Waals surface area contributed by atoms with Gasteiger partial charge in [-0.25, -0.2) is 0 Å². The Labute approximate surface area is 74.7 Å². The standard InChI is InChI=1S/C10H19NO/c1-7(2)9-5-8(12)6-10(3,4)11-9/h7,9,11H,5-6H2,1-4H3. The molecule has 0 aromatic carbocycles. The summed E-state index contributed by atoms with van der Waals surface area (Å²) in [6.07, 6.45) is 1.39. The molecule has 2 nitrogen and oxygen atoms in total. The first-order valence-corrected chi connectivity index (χ1v) is 4.70. The summed E-state index contributed by atoms with van der Waals surface area (Å²) in [7, 11) is 0. The molecule has 1 saturated heterocycles. The van der Waals surface area contributed by atoms with E-state index in [9.17, 15) is 4.79 Å². The van der Waals surface area contributed by atoms with Crippen molar-refractivity contribution in [2.45, 2.75) is 52.1 Å². The number of hydrogen-bond acceptors (Lipinski definition) is 2. The molecule has 1 aliphatic heterocycles. The number of Topliss-reactive ketones (excluding diaryl/α,β-unsaturated/α-hetero) is 1. The Balaban J connectivity index is 2.64. The summed E-state index contributed by atoms with van der Waals surface area (Å²) in [5.74, 6) is 0.950. The van der Waals surface area contributed by atoms with Crippen LogP contribution in [-0.2, 0) is 4.79 Å². The van der Waals surface area contributed by atoms with E-state index in [4.69, 9.17) is 0 Å². The smallest absolute Gasteiger partial charge is 0.136 e. The normalized spacial score (nSPS) is 29.4. The zero-order valence-corrected chi connectivity index (χ0v) is 8.48. The molecule has 0 saturated carbocycles. The lowest BCUT2D eigenvalue weighted by atomic mass is 9.84. The topological polar surface area (TPSA) is 29.1 Å². The minimum absolute atomic E-state index is 0.00424. The van der Waals surface area contributed by atoms with Crippen LogP contribution in [0.2, 0.25) is 0 Å². The number of ketones is 1. The highest BCUT2D eigenvalue weighted by Crippen LogP contribution is 2.22. The summed E-state index contributed by atoms with van der Waals surface area (Å²) < 4.78 is 0. The van der Waals surface area contributed by atoms with Crippen molar-refractivity contribution in [3.8, 4) is 0 Å². The minimum Gasteiger partial charge on any atom is -0.308 e. The third kappa shape index (κ3) is 2.31. The van der Waals surface area contributed by atoms with Crippen LogP contribution >= 0.6 is 0 Å². The van der Waals surface area contributed by atoms with Gasteiger partial charge in [-0.15, -0.1) is 0 Å². The average Bonchev–Trinajstić information content (AvgIpc) is 1.82. The summed E-state index contributed by atoms with van der Waals surface area (Å²) >= 11 is 0. The third-order valence-electron chi connectivity index (χ3n) is 2.47. The van der Waals surface area contributed by atoms with E-state index in [1.807, 2.05) is 0 Å². The van der Waals surface area contributed by atoms with Crippen LogP contribution in [0.5, 0.6) is 0 Å². The van der Waals surface area contributed by atoms with Crippen LogP contribution in [0.15, 0.2) is 0 Å². The summed E-state index contributed by atoms with van der Waals surface area (Å²) in [6.45, 7) is 8.51. The fourth-order valence-corrected chi connectivity index (χ4v) is 1.82. The van der Waals surface area contributed by atoms with E-state index in [-0.39, 0.29) is 5.54 Å². The second-order valence-corrected chi connectivity index (χ2v) is 4.80. The number of hydrogen-bond donors (Lipinski definition) is 1. The first-order valence-electron chi connectivity index (χ1n) is 4.70. The van der Waals surface area contributed by atoms with Crippen LogP contribution in [0.4, 0.5) is 0 Å². The fourth-order valence-electron chi connectivity index (χ4n) is 1.82.